The Morgan fingerprint density at radius 2 is 1.56 bits per heavy atom. The molecule has 156 valence electrons. The molecule has 0 fully saturated rings. The van der Waals surface area contributed by atoms with Gasteiger partial charge in [0.1, 0.15) is 0 Å². The van der Waals surface area contributed by atoms with Crippen LogP contribution in [-0.2, 0) is 0 Å². The van der Waals surface area contributed by atoms with Crippen LogP contribution in [0.1, 0.15) is 10.5 Å². The lowest BCUT2D eigenvalue weighted by Crippen LogP contribution is -2.13. The number of nitrogens with zero attached hydrogens (tertiary/aromatic N) is 2. The van der Waals surface area contributed by atoms with Crippen LogP contribution in [0.25, 0.3) is 27.7 Å². The molecule has 0 aliphatic heterocycles. The SMILES string of the molecule is O=C(Nc1ccc(Cl)cc1Cl)c1cc(-c2cccc3ccccc23)n(-c2ccccc2)n1. The molecule has 0 aliphatic rings. The molecule has 1 aromatic heterocycles. The van der Waals surface area contributed by atoms with E-state index in [4.69, 9.17) is 23.2 Å². The number of carbonyl (C=O) groups is 1. The van der Waals surface area contributed by atoms with Gasteiger partial charge in [0, 0.05) is 10.6 Å². The van der Waals surface area contributed by atoms with Crippen LogP contribution in [-0.4, -0.2) is 15.7 Å². The molecular formula is C26H17Cl2N3O. The molecular weight excluding hydrogens is 441 g/mol. The maximum atomic E-state index is 13.1. The molecule has 0 unspecified atom stereocenters. The zero-order chi connectivity index (χ0) is 22.1. The van der Waals surface area contributed by atoms with Gasteiger partial charge >= 0.3 is 0 Å². The van der Waals surface area contributed by atoms with Gasteiger partial charge in [-0.05, 0) is 47.2 Å². The Labute approximate surface area is 195 Å². The molecule has 6 heteroatoms. The molecule has 0 bridgehead atoms. The lowest BCUT2D eigenvalue weighted by atomic mass is 10.0. The molecule has 1 N–H and O–H groups in total. The van der Waals surface area contributed by atoms with Gasteiger partial charge < -0.3 is 5.32 Å². The van der Waals surface area contributed by atoms with E-state index < -0.39 is 0 Å². The maximum absolute atomic E-state index is 13.1. The van der Waals surface area contributed by atoms with Crippen LogP contribution in [0.5, 0.6) is 0 Å². The topological polar surface area (TPSA) is 46.9 Å². The van der Waals surface area contributed by atoms with E-state index in [-0.39, 0.29) is 11.6 Å². The van der Waals surface area contributed by atoms with E-state index in [1.165, 1.54) is 0 Å². The average Bonchev–Trinajstić information content (AvgIpc) is 3.26. The minimum Gasteiger partial charge on any atom is -0.319 e. The first-order chi connectivity index (χ1) is 15.6. The highest BCUT2D eigenvalue weighted by Crippen LogP contribution is 2.31. The van der Waals surface area contributed by atoms with E-state index in [1.807, 2.05) is 54.6 Å². The summed E-state index contributed by atoms with van der Waals surface area (Å²) in [7, 11) is 0. The van der Waals surface area contributed by atoms with Crippen LogP contribution in [0.15, 0.2) is 97.1 Å². The van der Waals surface area contributed by atoms with Crippen molar-refractivity contribution in [3.63, 3.8) is 0 Å². The third kappa shape index (κ3) is 3.86. The number of aromatic nitrogens is 2. The molecule has 32 heavy (non-hydrogen) atoms. The van der Waals surface area contributed by atoms with Crippen LogP contribution in [0.4, 0.5) is 5.69 Å². The van der Waals surface area contributed by atoms with E-state index in [2.05, 4.69) is 28.6 Å². The predicted molar refractivity (Wildman–Crippen MR) is 131 cm³/mol. The zero-order valence-corrected chi connectivity index (χ0v) is 18.3. The number of fused-ring (bicyclic) bond motifs is 1. The second kappa shape index (κ2) is 8.50. The summed E-state index contributed by atoms with van der Waals surface area (Å²) in [5, 5.41) is 10.5. The summed E-state index contributed by atoms with van der Waals surface area (Å²) in [6, 6.07) is 30.7. The maximum Gasteiger partial charge on any atom is 0.276 e. The Bertz CT molecular complexity index is 1440. The van der Waals surface area contributed by atoms with Crippen molar-refractivity contribution in [2.24, 2.45) is 0 Å². The Kier molecular flexibility index (Phi) is 5.39. The summed E-state index contributed by atoms with van der Waals surface area (Å²) >= 11 is 12.2. The standard InChI is InChI=1S/C26H17Cl2N3O/c27-18-13-14-23(22(28)15-18)29-26(32)24-16-25(31(30-24)19-9-2-1-3-10-19)21-12-6-8-17-7-4-5-11-20(17)21/h1-16H,(H,29,32). The number of carbonyl (C=O) groups excluding carboxylic acids is 1. The number of halogens is 2. The number of anilines is 1. The number of hydrogen-bond acceptors (Lipinski definition) is 2. The summed E-state index contributed by atoms with van der Waals surface area (Å²) in [5.41, 5.74) is 3.42. The van der Waals surface area contributed by atoms with Crippen molar-refractivity contribution in [1.82, 2.24) is 9.78 Å². The number of benzene rings is 4. The molecule has 0 aliphatic carbocycles. The Hall–Kier alpha value is -3.60. The van der Waals surface area contributed by atoms with E-state index in [9.17, 15) is 4.79 Å². The second-order valence-electron chi connectivity index (χ2n) is 7.27. The summed E-state index contributed by atoms with van der Waals surface area (Å²) < 4.78 is 1.79. The number of rotatable bonds is 4. The first-order valence-electron chi connectivity index (χ1n) is 10.0. The fourth-order valence-electron chi connectivity index (χ4n) is 3.68. The third-order valence-corrected chi connectivity index (χ3v) is 5.74. The Morgan fingerprint density at radius 1 is 0.812 bits per heavy atom. The summed E-state index contributed by atoms with van der Waals surface area (Å²) in [4.78, 5) is 13.1. The molecule has 1 amide bonds. The first-order valence-corrected chi connectivity index (χ1v) is 10.8. The third-order valence-electron chi connectivity index (χ3n) is 5.19. The number of para-hydroxylation sites is 1. The van der Waals surface area contributed by atoms with Crippen LogP contribution < -0.4 is 5.32 Å². The molecule has 0 spiro atoms. The van der Waals surface area contributed by atoms with Gasteiger partial charge in [-0.2, -0.15) is 5.10 Å². The van der Waals surface area contributed by atoms with Crippen molar-refractivity contribution in [2.75, 3.05) is 5.32 Å². The highest BCUT2D eigenvalue weighted by atomic mass is 35.5. The molecule has 4 aromatic carbocycles. The normalized spacial score (nSPS) is 10.9. The Balaban J connectivity index is 1.63. The average molecular weight is 458 g/mol. The summed E-state index contributed by atoms with van der Waals surface area (Å²) in [6.07, 6.45) is 0. The molecule has 0 radical (unpaired) electrons. The minimum absolute atomic E-state index is 0.280. The quantitative estimate of drug-likeness (QED) is 0.308. The van der Waals surface area contributed by atoms with E-state index in [0.29, 0.717) is 15.7 Å². The fraction of sp³-hybridized carbons (Fsp3) is 0. The van der Waals surface area contributed by atoms with Gasteiger partial charge in [0.05, 0.1) is 22.1 Å². The molecule has 0 saturated carbocycles. The molecule has 5 aromatic rings. The van der Waals surface area contributed by atoms with E-state index in [0.717, 1.165) is 27.7 Å². The first kappa shape index (κ1) is 20.3. The Morgan fingerprint density at radius 3 is 2.38 bits per heavy atom. The highest BCUT2D eigenvalue weighted by molar-refractivity contribution is 6.36. The van der Waals surface area contributed by atoms with Crippen LogP contribution in [0.2, 0.25) is 10.0 Å². The summed E-state index contributed by atoms with van der Waals surface area (Å²) in [6.45, 7) is 0. The van der Waals surface area contributed by atoms with Gasteiger partial charge in [0.15, 0.2) is 5.69 Å². The van der Waals surface area contributed by atoms with Crippen molar-refractivity contribution in [3.8, 4) is 16.9 Å². The predicted octanol–water partition coefficient (Wildman–Crippen LogP) is 7.25. The number of nitrogens with one attached hydrogen (secondary N) is 1. The lowest BCUT2D eigenvalue weighted by Gasteiger charge is -2.10. The number of amides is 1. The molecule has 4 nitrogen and oxygen atoms in total. The molecule has 0 saturated heterocycles. The monoisotopic (exact) mass is 457 g/mol. The molecule has 1 heterocycles. The van der Waals surface area contributed by atoms with Gasteiger partial charge in [-0.25, -0.2) is 4.68 Å². The van der Waals surface area contributed by atoms with Crippen molar-refractivity contribution >= 4 is 45.6 Å². The second-order valence-corrected chi connectivity index (χ2v) is 8.11. The summed E-state index contributed by atoms with van der Waals surface area (Å²) in [5.74, 6) is -0.356. The van der Waals surface area contributed by atoms with Crippen molar-refractivity contribution in [3.05, 3.63) is 113 Å². The fourth-order valence-corrected chi connectivity index (χ4v) is 4.13. The van der Waals surface area contributed by atoms with Crippen LogP contribution in [0.3, 0.4) is 0 Å². The number of hydrogen-bond donors (Lipinski definition) is 1. The van der Waals surface area contributed by atoms with Crippen molar-refractivity contribution in [1.29, 1.82) is 0 Å². The minimum atomic E-state index is -0.356. The van der Waals surface area contributed by atoms with Gasteiger partial charge in [-0.15, -0.1) is 0 Å². The van der Waals surface area contributed by atoms with Crippen LogP contribution >= 0.6 is 23.2 Å². The van der Waals surface area contributed by atoms with Crippen molar-refractivity contribution in [2.45, 2.75) is 0 Å². The molecule has 5 rings (SSSR count). The van der Waals surface area contributed by atoms with Gasteiger partial charge in [0.2, 0.25) is 0 Å². The van der Waals surface area contributed by atoms with Crippen molar-refractivity contribution < 1.29 is 4.79 Å². The van der Waals surface area contributed by atoms with E-state index >= 15 is 0 Å². The van der Waals surface area contributed by atoms with Gasteiger partial charge in [-0.1, -0.05) is 83.9 Å². The van der Waals surface area contributed by atoms with Crippen LogP contribution in [0, 0.1) is 0 Å². The zero-order valence-electron chi connectivity index (χ0n) is 16.8. The van der Waals surface area contributed by atoms with Gasteiger partial charge in [0.25, 0.3) is 5.91 Å². The van der Waals surface area contributed by atoms with E-state index in [1.54, 1.807) is 28.9 Å². The van der Waals surface area contributed by atoms with Gasteiger partial charge in [-0.3, -0.25) is 4.79 Å². The highest BCUT2D eigenvalue weighted by Gasteiger charge is 2.19. The molecule has 0 atom stereocenters. The smallest absolute Gasteiger partial charge is 0.276 e. The lowest BCUT2D eigenvalue weighted by molar-refractivity contribution is 0.102. The largest absolute Gasteiger partial charge is 0.319 e.